The van der Waals surface area contributed by atoms with Crippen molar-refractivity contribution in [1.29, 1.82) is 0 Å². The molecule has 0 bridgehead atoms. The maximum Gasteiger partial charge on any atom is 0.350 e. The van der Waals surface area contributed by atoms with E-state index in [0.29, 0.717) is 0 Å². The predicted octanol–water partition coefficient (Wildman–Crippen LogP) is 4.93. The fraction of sp³-hybridized carbons (Fsp3) is 0.619. The molecule has 152 valence electrons. The normalized spacial score (nSPS) is 13.8. The van der Waals surface area contributed by atoms with E-state index in [0.717, 1.165) is 5.56 Å². The van der Waals surface area contributed by atoms with Crippen LogP contribution >= 0.6 is 0 Å². The van der Waals surface area contributed by atoms with Crippen molar-refractivity contribution in [2.45, 2.75) is 67.2 Å². The van der Waals surface area contributed by atoms with E-state index < -0.39 is 28.7 Å². The first-order valence-electron chi connectivity index (χ1n) is 9.05. The van der Waals surface area contributed by atoms with Gasteiger partial charge in [0.15, 0.2) is 0 Å². The van der Waals surface area contributed by atoms with Gasteiger partial charge in [0, 0.05) is 15.5 Å². The largest absolute Gasteiger partial charge is 0.350 e. The molecule has 0 spiro atoms. The van der Waals surface area contributed by atoms with Crippen molar-refractivity contribution in [3.8, 4) is 0 Å². The molecule has 1 atom stereocenters. The molecule has 1 aromatic rings. The molecule has 0 saturated carbocycles. The molecule has 0 amide bonds. The van der Waals surface area contributed by atoms with Gasteiger partial charge in [0.1, 0.15) is 0 Å². The summed E-state index contributed by atoms with van der Waals surface area (Å²) < 4.78 is 0. The number of benzene rings is 1. The lowest BCUT2D eigenvalue weighted by Gasteiger charge is -2.40. The van der Waals surface area contributed by atoms with Gasteiger partial charge in [-0.2, -0.15) is 0 Å². The van der Waals surface area contributed by atoms with Crippen molar-refractivity contribution in [3.05, 3.63) is 35.9 Å². The molecule has 0 fully saturated rings. The van der Waals surface area contributed by atoms with E-state index in [-0.39, 0.29) is 11.8 Å². The summed E-state index contributed by atoms with van der Waals surface area (Å²) in [4.78, 5) is 33.5. The van der Waals surface area contributed by atoms with E-state index in [1.54, 1.807) is 0 Å². The first kappa shape index (κ1) is 23.1. The minimum atomic E-state index is -0.615. The van der Waals surface area contributed by atoms with Crippen LogP contribution in [0.3, 0.4) is 0 Å². The number of hydrogen-bond donors (Lipinski definition) is 0. The van der Waals surface area contributed by atoms with E-state index in [4.69, 9.17) is 4.89 Å². The van der Waals surface area contributed by atoms with E-state index in [9.17, 15) is 9.59 Å². The van der Waals surface area contributed by atoms with Crippen molar-refractivity contribution < 1.29 is 29.4 Å². The quantitative estimate of drug-likeness (QED) is 0.379. The SMILES string of the molecule is CC(C)(C)CC(=O)OOOOC(=O)C(C(C)(C)C)C(C)(C)c1ccccc1. The van der Waals surface area contributed by atoms with Crippen LogP contribution in [0.2, 0.25) is 0 Å². The maximum atomic E-state index is 12.7. The third kappa shape index (κ3) is 7.31. The van der Waals surface area contributed by atoms with E-state index in [1.807, 2.05) is 85.7 Å². The molecule has 1 aromatic carbocycles. The van der Waals surface area contributed by atoms with Gasteiger partial charge in [0.25, 0.3) is 0 Å². The van der Waals surface area contributed by atoms with Crippen LogP contribution in [0.4, 0.5) is 0 Å². The summed E-state index contributed by atoms with van der Waals surface area (Å²) in [5.74, 6) is -1.76. The number of carbonyl (C=O) groups excluding carboxylic acids is 2. The third-order valence-electron chi connectivity index (χ3n) is 4.29. The highest BCUT2D eigenvalue weighted by atomic mass is 17.7. The number of rotatable bonds is 7. The summed E-state index contributed by atoms with van der Waals surface area (Å²) in [6.07, 6.45) is 0.135. The van der Waals surface area contributed by atoms with Crippen LogP contribution in [0, 0.1) is 16.7 Å². The molecule has 0 N–H and O–H groups in total. The van der Waals surface area contributed by atoms with E-state index in [1.165, 1.54) is 0 Å². The Bertz CT molecular complexity index is 622. The topological polar surface area (TPSA) is 71.1 Å². The number of hydrogen-bond acceptors (Lipinski definition) is 6. The Hall–Kier alpha value is -1.92. The van der Waals surface area contributed by atoms with Crippen LogP contribution in [0.25, 0.3) is 0 Å². The van der Waals surface area contributed by atoms with Crippen LogP contribution in [0.5, 0.6) is 0 Å². The second kappa shape index (κ2) is 8.85. The zero-order valence-corrected chi connectivity index (χ0v) is 17.6. The second-order valence-electron chi connectivity index (χ2n) is 9.62. The molecule has 1 rings (SSSR count). The van der Waals surface area contributed by atoms with Crippen LogP contribution in [0.15, 0.2) is 30.3 Å². The summed E-state index contributed by atoms with van der Waals surface area (Å²) >= 11 is 0. The van der Waals surface area contributed by atoms with Gasteiger partial charge in [0.05, 0.1) is 12.3 Å². The molecule has 0 saturated heterocycles. The summed E-state index contributed by atoms with van der Waals surface area (Å²) in [6.45, 7) is 15.5. The zero-order chi connectivity index (χ0) is 20.9. The van der Waals surface area contributed by atoms with Gasteiger partial charge in [-0.15, -0.1) is 0 Å². The Balaban J connectivity index is 2.74. The Kier molecular flexibility index (Phi) is 7.57. The predicted molar refractivity (Wildman–Crippen MR) is 101 cm³/mol. The lowest BCUT2D eigenvalue weighted by atomic mass is 9.63. The lowest BCUT2D eigenvalue weighted by Crippen LogP contribution is -2.44. The molecule has 1 unspecified atom stereocenters. The molecule has 0 aliphatic carbocycles. The zero-order valence-electron chi connectivity index (χ0n) is 17.6. The molecule has 0 aliphatic heterocycles. The van der Waals surface area contributed by atoms with Crippen molar-refractivity contribution in [2.75, 3.05) is 0 Å². The highest BCUT2D eigenvalue weighted by Gasteiger charge is 2.46. The average molecular weight is 380 g/mol. The summed E-state index contributed by atoms with van der Waals surface area (Å²) in [6, 6.07) is 9.72. The van der Waals surface area contributed by atoms with Gasteiger partial charge in [-0.05, 0) is 16.4 Å². The Labute approximate surface area is 161 Å². The standard InChI is InChI=1S/C21H32O6/c1-19(2,3)14-16(22)24-26-27-25-18(23)17(20(4,5)6)21(7,8)15-12-10-9-11-13-15/h9-13,17H,14H2,1-8H3. The highest BCUT2D eigenvalue weighted by Crippen LogP contribution is 2.43. The molecule has 0 radical (unpaired) electrons. The van der Waals surface area contributed by atoms with Gasteiger partial charge >= 0.3 is 11.9 Å². The average Bonchev–Trinajstić information content (AvgIpc) is 2.49. The molecule has 6 heteroatoms. The fourth-order valence-electron chi connectivity index (χ4n) is 3.37. The van der Waals surface area contributed by atoms with Gasteiger partial charge in [-0.3, -0.25) is 9.78 Å². The van der Waals surface area contributed by atoms with Crippen molar-refractivity contribution >= 4 is 11.9 Å². The summed E-state index contributed by atoms with van der Waals surface area (Å²) in [7, 11) is 0. The molecule has 0 heterocycles. The van der Waals surface area contributed by atoms with Gasteiger partial charge in [0.2, 0.25) is 0 Å². The smallest absolute Gasteiger partial charge is 0.266 e. The maximum absolute atomic E-state index is 12.7. The second-order valence-corrected chi connectivity index (χ2v) is 9.62. The van der Waals surface area contributed by atoms with Gasteiger partial charge in [-0.25, -0.2) is 9.59 Å². The van der Waals surface area contributed by atoms with E-state index in [2.05, 4.69) is 15.0 Å². The number of carbonyl (C=O) groups is 2. The Morgan fingerprint density at radius 2 is 1.37 bits per heavy atom. The Morgan fingerprint density at radius 1 is 0.852 bits per heavy atom. The van der Waals surface area contributed by atoms with Crippen molar-refractivity contribution in [1.82, 2.24) is 0 Å². The van der Waals surface area contributed by atoms with Crippen molar-refractivity contribution in [2.24, 2.45) is 16.7 Å². The van der Waals surface area contributed by atoms with Crippen LogP contribution in [-0.2, 0) is 34.9 Å². The lowest BCUT2D eigenvalue weighted by molar-refractivity contribution is -0.601. The monoisotopic (exact) mass is 380 g/mol. The van der Waals surface area contributed by atoms with E-state index >= 15 is 0 Å². The molecule has 0 aliphatic rings. The van der Waals surface area contributed by atoms with Crippen LogP contribution < -0.4 is 0 Å². The van der Waals surface area contributed by atoms with Gasteiger partial charge in [-0.1, -0.05) is 85.7 Å². The highest BCUT2D eigenvalue weighted by molar-refractivity contribution is 5.75. The fourth-order valence-corrected chi connectivity index (χ4v) is 3.37. The molecular weight excluding hydrogens is 348 g/mol. The first-order chi connectivity index (χ1) is 12.2. The van der Waals surface area contributed by atoms with Crippen molar-refractivity contribution in [3.63, 3.8) is 0 Å². The molecule has 27 heavy (non-hydrogen) atoms. The third-order valence-corrected chi connectivity index (χ3v) is 4.29. The first-order valence-corrected chi connectivity index (χ1v) is 9.05. The molecular formula is C21H32O6. The van der Waals surface area contributed by atoms with Gasteiger partial charge < -0.3 is 0 Å². The molecule has 0 aromatic heterocycles. The van der Waals surface area contributed by atoms with Crippen LogP contribution in [0.1, 0.15) is 67.4 Å². The molecule has 6 nitrogen and oxygen atoms in total. The minimum absolute atomic E-state index is 0.135. The minimum Gasteiger partial charge on any atom is -0.266 e. The Morgan fingerprint density at radius 3 is 1.85 bits per heavy atom. The summed E-state index contributed by atoms with van der Waals surface area (Å²) in [5, 5.41) is 8.70. The summed E-state index contributed by atoms with van der Waals surface area (Å²) in [5.41, 5.74) is -0.195. The van der Waals surface area contributed by atoms with Crippen LogP contribution in [-0.4, -0.2) is 11.9 Å².